The largest absolute Gasteiger partial charge is 0.454 e. The fraction of sp³-hybridized carbons (Fsp3) is 0.231. The summed E-state index contributed by atoms with van der Waals surface area (Å²) < 4.78 is 17.8. The molecule has 0 radical (unpaired) electrons. The Labute approximate surface area is 123 Å². The van der Waals surface area contributed by atoms with Crippen LogP contribution in [0.2, 0.25) is 0 Å². The van der Waals surface area contributed by atoms with Crippen LogP contribution in [0.15, 0.2) is 22.7 Å². The summed E-state index contributed by atoms with van der Waals surface area (Å²) in [5.41, 5.74) is -0.0456. The fourth-order valence-electron chi connectivity index (χ4n) is 1.36. The van der Waals surface area contributed by atoms with Crippen LogP contribution in [0.4, 0.5) is 4.39 Å². The van der Waals surface area contributed by atoms with Gasteiger partial charge in [0.2, 0.25) is 0 Å². The number of ketones is 1. The Kier molecular flexibility index (Phi) is 5.53. The zero-order chi connectivity index (χ0) is 15.3. The van der Waals surface area contributed by atoms with Gasteiger partial charge in [0.15, 0.2) is 12.4 Å². The smallest absolute Gasteiger partial charge is 0.339 e. The molecule has 0 aliphatic rings. The molecule has 1 atom stereocenters. The van der Waals surface area contributed by atoms with Gasteiger partial charge in [-0.05, 0) is 41.1 Å². The summed E-state index contributed by atoms with van der Waals surface area (Å²) in [6, 6.07) is 5.06. The third-order valence-electron chi connectivity index (χ3n) is 2.38. The van der Waals surface area contributed by atoms with Crippen molar-refractivity contribution in [1.82, 2.24) is 0 Å². The first-order valence-corrected chi connectivity index (χ1v) is 6.25. The first-order valence-electron chi connectivity index (χ1n) is 5.46. The fourth-order valence-corrected chi connectivity index (χ4v) is 1.88. The van der Waals surface area contributed by atoms with E-state index in [1.165, 1.54) is 13.0 Å². The minimum atomic E-state index is -1.22. The van der Waals surface area contributed by atoms with E-state index in [9.17, 15) is 14.0 Å². The number of hydrogen-bond acceptors (Lipinski definition) is 5. The number of ether oxygens (including phenoxy) is 1. The minimum absolute atomic E-state index is 0.0688. The van der Waals surface area contributed by atoms with E-state index < -0.39 is 30.1 Å². The van der Waals surface area contributed by atoms with Gasteiger partial charge >= 0.3 is 5.97 Å². The van der Waals surface area contributed by atoms with Crippen LogP contribution in [-0.4, -0.2) is 24.1 Å². The van der Waals surface area contributed by atoms with Gasteiger partial charge in [-0.3, -0.25) is 4.79 Å². The zero-order valence-electron chi connectivity index (χ0n) is 10.4. The lowest BCUT2D eigenvalue weighted by Crippen LogP contribution is -2.25. The molecule has 1 unspecified atom stereocenters. The summed E-state index contributed by atoms with van der Waals surface area (Å²) in [5, 5.41) is 16.0. The van der Waals surface area contributed by atoms with Gasteiger partial charge in [0.1, 0.15) is 11.7 Å². The number of rotatable bonds is 5. The number of Topliss-reactive ketones (excluding diaryl/α,β-unsaturated/α-hetero) is 1. The first kappa shape index (κ1) is 16.0. The van der Waals surface area contributed by atoms with Crippen LogP contribution >= 0.6 is 15.9 Å². The quantitative estimate of drug-likeness (QED) is 0.658. The van der Waals surface area contributed by atoms with E-state index in [2.05, 4.69) is 15.9 Å². The van der Waals surface area contributed by atoms with Crippen LogP contribution in [0.3, 0.4) is 0 Å². The third-order valence-corrected chi connectivity index (χ3v) is 3.04. The second kappa shape index (κ2) is 6.91. The van der Waals surface area contributed by atoms with Gasteiger partial charge in [-0.2, -0.15) is 5.26 Å². The number of hydrogen-bond donors (Lipinski definition) is 1. The molecule has 0 aliphatic carbocycles. The standard InChI is InChI=1S/C13H10BrFN2O3/c1-7(17)10(5-16)12(18)6-20-13(19)9-3-2-8(15)4-11(9)14/h2-4,10,17H,6H2,1H3. The molecule has 1 aromatic carbocycles. The second-order valence-corrected chi connectivity index (χ2v) is 4.77. The Morgan fingerprint density at radius 1 is 1.55 bits per heavy atom. The molecule has 1 aromatic rings. The molecular weight excluding hydrogens is 331 g/mol. The lowest BCUT2D eigenvalue weighted by molar-refractivity contribution is -0.122. The van der Waals surface area contributed by atoms with Crippen LogP contribution in [0.5, 0.6) is 0 Å². The van der Waals surface area contributed by atoms with E-state index >= 15 is 0 Å². The molecule has 0 amide bonds. The maximum absolute atomic E-state index is 12.9. The normalized spacial score (nSPS) is 11.3. The van der Waals surface area contributed by atoms with Crippen molar-refractivity contribution in [2.75, 3.05) is 6.61 Å². The molecular formula is C13H10BrFN2O3. The molecule has 0 fully saturated rings. The van der Waals surface area contributed by atoms with Crippen molar-refractivity contribution in [3.8, 4) is 6.07 Å². The van der Waals surface area contributed by atoms with Gasteiger partial charge in [-0.15, -0.1) is 0 Å². The molecule has 0 bridgehead atoms. The SMILES string of the molecule is CC(=N)C(C#N)C(=O)COC(=O)c1ccc(F)cc1Br. The van der Waals surface area contributed by atoms with Crippen LogP contribution in [0.25, 0.3) is 0 Å². The molecule has 0 saturated heterocycles. The molecule has 20 heavy (non-hydrogen) atoms. The van der Waals surface area contributed by atoms with Crippen molar-refractivity contribution < 1.29 is 18.7 Å². The zero-order valence-corrected chi connectivity index (χ0v) is 12.0. The summed E-state index contributed by atoms with van der Waals surface area (Å²) in [6.45, 7) is 0.710. The van der Waals surface area contributed by atoms with E-state index in [4.69, 9.17) is 15.4 Å². The summed E-state index contributed by atoms with van der Waals surface area (Å²) in [7, 11) is 0. The highest BCUT2D eigenvalue weighted by Gasteiger charge is 2.22. The van der Waals surface area contributed by atoms with Crippen molar-refractivity contribution in [3.63, 3.8) is 0 Å². The lowest BCUT2D eigenvalue weighted by atomic mass is 10.0. The number of carbonyl (C=O) groups excluding carboxylic acids is 2. The Hall–Kier alpha value is -2.07. The number of halogens is 2. The number of benzene rings is 1. The van der Waals surface area contributed by atoms with Crippen molar-refractivity contribution in [2.24, 2.45) is 5.92 Å². The average Bonchev–Trinajstić information content (AvgIpc) is 2.36. The second-order valence-electron chi connectivity index (χ2n) is 3.91. The van der Waals surface area contributed by atoms with E-state index in [1.54, 1.807) is 6.07 Å². The molecule has 1 rings (SSSR count). The third kappa shape index (κ3) is 3.96. The van der Waals surface area contributed by atoms with Crippen LogP contribution < -0.4 is 0 Å². The summed E-state index contributed by atoms with van der Waals surface area (Å²) in [5.74, 6) is -3.23. The maximum Gasteiger partial charge on any atom is 0.339 e. The molecule has 0 heterocycles. The topological polar surface area (TPSA) is 91.0 Å². The number of nitrogens with zero attached hydrogens (tertiary/aromatic N) is 1. The Morgan fingerprint density at radius 3 is 2.70 bits per heavy atom. The molecule has 0 saturated carbocycles. The van der Waals surface area contributed by atoms with Gasteiger partial charge in [-0.1, -0.05) is 0 Å². The predicted octanol–water partition coefficient (Wildman–Crippen LogP) is 2.49. The highest BCUT2D eigenvalue weighted by atomic mass is 79.9. The Morgan fingerprint density at radius 2 is 2.20 bits per heavy atom. The van der Waals surface area contributed by atoms with Crippen LogP contribution in [0.1, 0.15) is 17.3 Å². The van der Waals surface area contributed by atoms with Gasteiger partial charge in [0, 0.05) is 10.2 Å². The average molecular weight is 341 g/mol. The monoisotopic (exact) mass is 340 g/mol. The molecule has 0 aliphatic heterocycles. The molecule has 1 N–H and O–H groups in total. The highest BCUT2D eigenvalue weighted by molar-refractivity contribution is 9.10. The Bertz CT molecular complexity index is 610. The number of nitriles is 1. The van der Waals surface area contributed by atoms with Gasteiger partial charge in [0.05, 0.1) is 11.6 Å². The molecule has 5 nitrogen and oxygen atoms in total. The minimum Gasteiger partial charge on any atom is -0.454 e. The molecule has 7 heteroatoms. The number of nitrogens with one attached hydrogen (secondary N) is 1. The molecule has 0 spiro atoms. The van der Waals surface area contributed by atoms with Gasteiger partial charge in [0.25, 0.3) is 0 Å². The Balaban J connectivity index is 2.71. The van der Waals surface area contributed by atoms with Crippen molar-refractivity contribution in [3.05, 3.63) is 34.1 Å². The summed E-state index contributed by atoms with van der Waals surface area (Å²) in [6.07, 6.45) is 0. The van der Waals surface area contributed by atoms with E-state index in [0.29, 0.717) is 0 Å². The van der Waals surface area contributed by atoms with E-state index in [0.717, 1.165) is 12.1 Å². The van der Waals surface area contributed by atoms with E-state index in [-0.39, 0.29) is 15.7 Å². The van der Waals surface area contributed by atoms with Gasteiger partial charge < -0.3 is 10.1 Å². The number of esters is 1. The maximum atomic E-state index is 12.9. The van der Waals surface area contributed by atoms with E-state index in [1.807, 2.05) is 0 Å². The molecule has 104 valence electrons. The van der Waals surface area contributed by atoms with Gasteiger partial charge in [-0.25, -0.2) is 9.18 Å². The molecule has 0 aromatic heterocycles. The van der Waals surface area contributed by atoms with Crippen LogP contribution in [-0.2, 0) is 9.53 Å². The van der Waals surface area contributed by atoms with Crippen LogP contribution in [0, 0.1) is 28.5 Å². The first-order chi connectivity index (χ1) is 9.36. The lowest BCUT2D eigenvalue weighted by Gasteiger charge is -2.08. The van der Waals surface area contributed by atoms with Crippen molar-refractivity contribution >= 4 is 33.4 Å². The summed E-state index contributed by atoms with van der Waals surface area (Å²) >= 11 is 3.01. The predicted molar refractivity (Wildman–Crippen MR) is 71.9 cm³/mol. The summed E-state index contributed by atoms with van der Waals surface area (Å²) in [4.78, 5) is 23.3. The number of carbonyl (C=O) groups is 2. The van der Waals surface area contributed by atoms with Crippen molar-refractivity contribution in [1.29, 1.82) is 10.7 Å². The van der Waals surface area contributed by atoms with Crippen molar-refractivity contribution in [2.45, 2.75) is 6.92 Å². The highest BCUT2D eigenvalue weighted by Crippen LogP contribution is 2.19.